The second-order valence-corrected chi connectivity index (χ2v) is 7.30. The lowest BCUT2D eigenvalue weighted by molar-refractivity contribution is 0.601. The molecule has 0 saturated heterocycles. The molecule has 24 heavy (non-hydrogen) atoms. The molecule has 3 N–H and O–H groups in total. The molecular weight excluding hydrogens is 354 g/mol. The third-order valence-corrected chi connectivity index (χ3v) is 5.04. The Bertz CT molecular complexity index is 1170. The molecule has 0 aliphatic carbocycles. The Morgan fingerprint density at radius 1 is 0.958 bits per heavy atom. The fourth-order valence-electron chi connectivity index (χ4n) is 2.21. The highest BCUT2D eigenvalue weighted by atomic mass is 35.5. The Morgan fingerprint density at radius 3 is 2.29 bits per heavy atom. The van der Waals surface area contributed by atoms with Gasteiger partial charge in [0.05, 0.1) is 21.6 Å². The van der Waals surface area contributed by atoms with Crippen molar-refractivity contribution in [2.24, 2.45) is 0 Å². The number of fused-ring (bicyclic) bond motifs is 1. The van der Waals surface area contributed by atoms with E-state index < -0.39 is 21.1 Å². The van der Waals surface area contributed by atoms with Crippen molar-refractivity contribution in [3.8, 4) is 0 Å². The third kappa shape index (κ3) is 3.06. The van der Waals surface area contributed by atoms with Crippen molar-refractivity contribution in [1.82, 2.24) is 9.97 Å². The summed E-state index contributed by atoms with van der Waals surface area (Å²) in [6, 6.07) is 8.81. The van der Waals surface area contributed by atoms with Gasteiger partial charge in [-0.3, -0.25) is 14.3 Å². The number of rotatable bonds is 3. The van der Waals surface area contributed by atoms with Crippen molar-refractivity contribution in [3.05, 3.63) is 67.7 Å². The summed E-state index contributed by atoms with van der Waals surface area (Å²) < 4.78 is 27.5. The summed E-state index contributed by atoms with van der Waals surface area (Å²) in [5, 5.41) is 0.502. The maximum Gasteiger partial charge on any atom is 0.314 e. The largest absolute Gasteiger partial charge is 0.316 e. The highest BCUT2D eigenvalue weighted by Gasteiger charge is 2.16. The van der Waals surface area contributed by atoms with Gasteiger partial charge in [-0.15, -0.1) is 0 Å². The molecular formula is C15H12ClN3O4S. The van der Waals surface area contributed by atoms with Gasteiger partial charge < -0.3 is 9.97 Å². The molecule has 0 radical (unpaired) electrons. The summed E-state index contributed by atoms with van der Waals surface area (Å²) in [6.07, 6.45) is 0. The second kappa shape index (κ2) is 5.81. The summed E-state index contributed by atoms with van der Waals surface area (Å²) in [4.78, 5) is 27.3. The average molecular weight is 366 g/mol. The number of anilines is 1. The van der Waals surface area contributed by atoms with Gasteiger partial charge in [-0.25, -0.2) is 8.42 Å². The highest BCUT2D eigenvalue weighted by molar-refractivity contribution is 7.92. The van der Waals surface area contributed by atoms with Gasteiger partial charge in [0.15, 0.2) is 0 Å². The van der Waals surface area contributed by atoms with E-state index in [0.717, 1.165) is 0 Å². The van der Waals surface area contributed by atoms with Crippen LogP contribution in [-0.4, -0.2) is 18.4 Å². The Labute approximate surface area is 141 Å². The molecule has 0 amide bonds. The van der Waals surface area contributed by atoms with E-state index in [1.54, 1.807) is 25.1 Å². The smallest absolute Gasteiger partial charge is 0.314 e. The minimum Gasteiger partial charge on any atom is -0.316 e. The standard InChI is InChI=1S/C15H12ClN3O4S/c1-8-6-9(16)2-4-11(8)19-24(22,23)10-3-5-12-13(7-10)18-15(21)14(20)17-12/h2-7,19H,1H3,(H,17,20)(H,18,21). The van der Waals surface area contributed by atoms with E-state index in [2.05, 4.69) is 14.7 Å². The van der Waals surface area contributed by atoms with Crippen LogP contribution < -0.4 is 15.8 Å². The first-order valence-corrected chi connectivity index (χ1v) is 8.68. The van der Waals surface area contributed by atoms with Crippen LogP contribution in [0.2, 0.25) is 5.02 Å². The van der Waals surface area contributed by atoms with Gasteiger partial charge >= 0.3 is 11.1 Å². The van der Waals surface area contributed by atoms with E-state index in [1.165, 1.54) is 18.2 Å². The topological polar surface area (TPSA) is 112 Å². The number of hydrogen-bond donors (Lipinski definition) is 3. The Kier molecular flexibility index (Phi) is 3.94. The zero-order chi connectivity index (χ0) is 17.5. The van der Waals surface area contributed by atoms with E-state index in [0.29, 0.717) is 21.8 Å². The summed E-state index contributed by atoms with van der Waals surface area (Å²) in [7, 11) is -3.87. The second-order valence-electron chi connectivity index (χ2n) is 5.18. The van der Waals surface area contributed by atoms with Crippen LogP contribution in [0.4, 0.5) is 5.69 Å². The molecule has 124 valence electrons. The van der Waals surface area contributed by atoms with E-state index in [1.807, 2.05) is 0 Å². The van der Waals surface area contributed by atoms with Crippen molar-refractivity contribution in [1.29, 1.82) is 0 Å². The maximum atomic E-state index is 12.5. The van der Waals surface area contributed by atoms with Crippen molar-refractivity contribution >= 4 is 38.3 Å². The number of sulfonamides is 1. The SMILES string of the molecule is Cc1cc(Cl)ccc1NS(=O)(=O)c1ccc2[nH]c(=O)c(=O)[nH]c2c1. The van der Waals surface area contributed by atoms with Crippen molar-refractivity contribution in [2.45, 2.75) is 11.8 Å². The van der Waals surface area contributed by atoms with Crippen LogP contribution in [0.15, 0.2) is 50.9 Å². The molecule has 3 aromatic rings. The lowest BCUT2D eigenvalue weighted by Gasteiger charge is -2.11. The first-order valence-electron chi connectivity index (χ1n) is 6.81. The van der Waals surface area contributed by atoms with Gasteiger partial charge in [-0.2, -0.15) is 0 Å². The number of nitrogens with one attached hydrogen (secondary N) is 3. The minimum absolute atomic E-state index is 0.0490. The Balaban J connectivity index is 2.06. The predicted molar refractivity (Wildman–Crippen MR) is 92.2 cm³/mol. The van der Waals surface area contributed by atoms with Crippen molar-refractivity contribution < 1.29 is 8.42 Å². The first-order chi connectivity index (χ1) is 11.3. The zero-order valence-electron chi connectivity index (χ0n) is 12.4. The molecule has 1 aromatic heterocycles. The molecule has 0 aliphatic heterocycles. The molecule has 0 atom stereocenters. The number of halogens is 1. The van der Waals surface area contributed by atoms with E-state index in [-0.39, 0.29) is 10.4 Å². The molecule has 2 aromatic carbocycles. The van der Waals surface area contributed by atoms with Crippen molar-refractivity contribution in [2.75, 3.05) is 4.72 Å². The van der Waals surface area contributed by atoms with Gasteiger partial charge in [0.1, 0.15) is 0 Å². The quantitative estimate of drug-likeness (QED) is 0.616. The fraction of sp³-hybridized carbons (Fsp3) is 0.0667. The highest BCUT2D eigenvalue weighted by Crippen LogP contribution is 2.23. The number of aryl methyl sites for hydroxylation is 1. The van der Waals surface area contributed by atoms with Crippen LogP contribution in [0.1, 0.15) is 5.56 Å². The number of benzene rings is 2. The van der Waals surface area contributed by atoms with Gasteiger partial charge in [-0.05, 0) is 48.9 Å². The molecule has 1 heterocycles. The first kappa shape index (κ1) is 16.3. The third-order valence-electron chi connectivity index (χ3n) is 3.44. The summed E-state index contributed by atoms with van der Waals surface area (Å²) in [5.74, 6) is 0. The number of H-pyrrole nitrogens is 2. The number of aromatic amines is 2. The Morgan fingerprint density at radius 2 is 1.62 bits per heavy atom. The average Bonchev–Trinajstić information content (AvgIpc) is 2.51. The van der Waals surface area contributed by atoms with Gasteiger partial charge in [0, 0.05) is 5.02 Å². The van der Waals surface area contributed by atoms with Gasteiger partial charge in [0.25, 0.3) is 10.0 Å². The monoisotopic (exact) mass is 365 g/mol. The van der Waals surface area contributed by atoms with E-state index >= 15 is 0 Å². The molecule has 0 bridgehead atoms. The van der Waals surface area contributed by atoms with Crippen LogP contribution in [0, 0.1) is 6.92 Å². The van der Waals surface area contributed by atoms with Crippen LogP contribution in [0.5, 0.6) is 0 Å². The Hall–Kier alpha value is -2.58. The molecule has 0 unspecified atom stereocenters. The lowest BCUT2D eigenvalue weighted by Crippen LogP contribution is -2.29. The normalized spacial score (nSPS) is 11.6. The van der Waals surface area contributed by atoms with Crippen LogP contribution in [0.3, 0.4) is 0 Å². The number of aromatic nitrogens is 2. The molecule has 7 nitrogen and oxygen atoms in total. The fourth-order valence-corrected chi connectivity index (χ4v) is 3.59. The molecule has 0 saturated carbocycles. The van der Waals surface area contributed by atoms with E-state index in [4.69, 9.17) is 11.6 Å². The molecule has 3 rings (SSSR count). The minimum atomic E-state index is -3.87. The van der Waals surface area contributed by atoms with Crippen LogP contribution in [0.25, 0.3) is 11.0 Å². The van der Waals surface area contributed by atoms with E-state index in [9.17, 15) is 18.0 Å². The predicted octanol–water partition coefficient (Wildman–Crippen LogP) is 1.98. The summed E-state index contributed by atoms with van der Waals surface area (Å²) in [5.41, 5.74) is -0.0258. The summed E-state index contributed by atoms with van der Waals surface area (Å²) >= 11 is 5.86. The maximum absolute atomic E-state index is 12.5. The van der Waals surface area contributed by atoms with Crippen molar-refractivity contribution in [3.63, 3.8) is 0 Å². The van der Waals surface area contributed by atoms with Crippen LogP contribution in [-0.2, 0) is 10.0 Å². The van der Waals surface area contributed by atoms with Gasteiger partial charge in [-0.1, -0.05) is 11.6 Å². The van der Waals surface area contributed by atoms with Crippen LogP contribution >= 0.6 is 11.6 Å². The molecule has 9 heteroatoms. The molecule has 0 aliphatic rings. The molecule has 0 spiro atoms. The summed E-state index contributed by atoms with van der Waals surface area (Å²) in [6.45, 7) is 1.73. The molecule has 0 fully saturated rings. The van der Waals surface area contributed by atoms with Gasteiger partial charge in [0.2, 0.25) is 0 Å². The lowest BCUT2D eigenvalue weighted by atomic mass is 10.2. The number of hydrogen-bond acceptors (Lipinski definition) is 4. The zero-order valence-corrected chi connectivity index (χ0v) is 14.0.